The van der Waals surface area contributed by atoms with Gasteiger partial charge in [0.05, 0.1) is 38.5 Å². The third kappa shape index (κ3) is 2.33. The molecule has 0 saturated heterocycles. The molecule has 0 atom stereocenters. The van der Waals surface area contributed by atoms with Crippen LogP contribution in [0.3, 0.4) is 0 Å². The van der Waals surface area contributed by atoms with Gasteiger partial charge >= 0.3 is 0 Å². The predicted octanol–water partition coefficient (Wildman–Crippen LogP) is 7.28. The summed E-state index contributed by atoms with van der Waals surface area (Å²) in [5.74, 6) is 0.461. The third-order valence-electron chi connectivity index (χ3n) is 5.54. The fourth-order valence-corrected chi connectivity index (χ4v) is 4.24. The van der Waals surface area contributed by atoms with Crippen molar-refractivity contribution in [2.24, 2.45) is 0 Å². The lowest BCUT2D eigenvalue weighted by atomic mass is 10.2. The molecule has 0 fully saturated rings. The maximum atomic E-state index is 8.62. The van der Waals surface area contributed by atoms with E-state index in [1.165, 1.54) is 24.3 Å². The zero-order valence-electron chi connectivity index (χ0n) is 28.4. The van der Waals surface area contributed by atoms with Gasteiger partial charge in [0.1, 0.15) is 11.6 Å². The number of aromatic nitrogens is 3. The molecule has 0 unspecified atom stereocenters. The van der Waals surface area contributed by atoms with Crippen molar-refractivity contribution in [3.05, 3.63) is 115 Å². The fourth-order valence-electron chi connectivity index (χ4n) is 4.24. The van der Waals surface area contributed by atoms with Gasteiger partial charge in [0.2, 0.25) is 0 Å². The van der Waals surface area contributed by atoms with Crippen LogP contribution in [0.4, 0.5) is 0 Å². The van der Waals surface area contributed by atoms with E-state index in [0.29, 0.717) is 0 Å². The maximum absolute atomic E-state index is 8.62. The maximum Gasteiger partial charge on any atom is 0.140 e. The van der Waals surface area contributed by atoms with Gasteiger partial charge in [-0.15, -0.1) is 0 Å². The lowest BCUT2D eigenvalue weighted by Gasteiger charge is -2.11. The molecule has 32 heavy (non-hydrogen) atoms. The summed E-state index contributed by atoms with van der Waals surface area (Å²) >= 11 is 0. The van der Waals surface area contributed by atoms with E-state index in [-0.39, 0.29) is 128 Å². The summed E-state index contributed by atoms with van der Waals surface area (Å²) in [4.78, 5) is 4.83. The fraction of sp³-hybridized carbons (Fsp3) is 0. The molecule has 0 aliphatic carbocycles. The molecule has 7 rings (SSSR count). The van der Waals surface area contributed by atoms with Crippen LogP contribution in [0, 0.1) is 0 Å². The number of rotatable bonds is 2. The summed E-state index contributed by atoms with van der Waals surface area (Å²) < 4.78 is 104. The highest BCUT2D eigenvalue weighted by Gasteiger charge is 2.15. The summed E-state index contributed by atoms with van der Waals surface area (Å²) in [6, 6.07) is 6.91. The van der Waals surface area contributed by atoms with Crippen molar-refractivity contribution >= 4 is 43.6 Å². The summed E-state index contributed by atoms with van der Waals surface area (Å²) in [7, 11) is 0. The van der Waals surface area contributed by atoms with Gasteiger partial charge in [-0.3, -0.25) is 9.13 Å². The second-order valence-electron chi connectivity index (χ2n) is 7.22. The molecule has 3 heterocycles. The number of hydrogen-bond donors (Lipinski definition) is 0. The van der Waals surface area contributed by atoms with Crippen LogP contribution < -0.4 is 0 Å². The van der Waals surface area contributed by atoms with E-state index in [9.17, 15) is 0 Å². The van der Waals surface area contributed by atoms with Gasteiger partial charge in [0.25, 0.3) is 0 Å². The Morgan fingerprint density at radius 2 is 0.812 bits per heavy atom. The van der Waals surface area contributed by atoms with E-state index in [1.807, 2.05) is 0 Å². The highest BCUT2D eigenvalue weighted by Crippen LogP contribution is 2.33. The van der Waals surface area contributed by atoms with E-state index in [0.717, 1.165) is 0 Å². The molecule has 0 amide bonds. The number of nitrogens with zero attached hydrogens (tertiary/aromatic N) is 3. The molecule has 150 valence electrons. The molecule has 7 aromatic rings. The zero-order valence-corrected chi connectivity index (χ0v) is 16.4. The smallest absolute Gasteiger partial charge is 0.140 e. The molecule has 3 aromatic heterocycles. The topological polar surface area (TPSA) is 22.8 Å². The van der Waals surface area contributed by atoms with Crippen molar-refractivity contribution < 1.29 is 16.4 Å². The molecule has 0 saturated carbocycles. The normalized spacial score (nSPS) is 17.0. The Bertz CT molecular complexity index is 2120. The van der Waals surface area contributed by atoms with E-state index < -0.39 is 0 Å². The van der Waals surface area contributed by atoms with Gasteiger partial charge in [-0.1, -0.05) is 78.6 Å². The number of fused-ring (bicyclic) bond motifs is 6. The number of benzene rings is 4. The minimum absolute atomic E-state index is 0.171. The zero-order chi connectivity index (χ0) is 31.5. The van der Waals surface area contributed by atoms with Gasteiger partial charge in [-0.25, -0.2) is 4.98 Å². The highest BCUT2D eigenvalue weighted by molar-refractivity contribution is 6.10. The van der Waals surface area contributed by atoms with Crippen LogP contribution in [0.25, 0.3) is 55.2 Å². The van der Waals surface area contributed by atoms with Gasteiger partial charge in [0, 0.05) is 21.5 Å². The first-order valence-electron chi connectivity index (χ1n) is 15.8. The molecular formula is C29H19N3. The minimum Gasteiger partial charge on any atom is -0.294 e. The Kier molecular flexibility index (Phi) is 1.93. The lowest BCUT2D eigenvalue weighted by Crippen LogP contribution is -2.02. The monoisotopic (exact) mass is 421 g/mol. The van der Waals surface area contributed by atoms with Gasteiger partial charge in [-0.2, -0.15) is 0 Å². The van der Waals surface area contributed by atoms with Crippen LogP contribution in [0.5, 0.6) is 0 Å². The summed E-state index contributed by atoms with van der Waals surface area (Å²) in [6.45, 7) is 0. The minimum atomic E-state index is -0.346. The van der Waals surface area contributed by atoms with E-state index in [2.05, 4.69) is 0 Å². The van der Waals surface area contributed by atoms with Crippen LogP contribution in [0.1, 0.15) is 16.4 Å². The Hall–Kier alpha value is -4.37. The van der Waals surface area contributed by atoms with Crippen molar-refractivity contribution in [3.8, 4) is 11.6 Å². The second kappa shape index (κ2) is 6.56. The number of pyridine rings is 1. The molecule has 4 aromatic carbocycles. The Morgan fingerprint density at radius 3 is 1.16 bits per heavy atom. The number of para-hydroxylation sites is 4. The average molecular weight is 422 g/mol. The summed E-state index contributed by atoms with van der Waals surface area (Å²) in [5, 5.41) is 0.685. The van der Waals surface area contributed by atoms with Crippen LogP contribution >= 0.6 is 0 Å². The van der Waals surface area contributed by atoms with Crippen LogP contribution in [0.15, 0.2) is 115 Å². The van der Waals surface area contributed by atoms with E-state index >= 15 is 0 Å². The molecule has 0 radical (unpaired) electrons. The van der Waals surface area contributed by atoms with Crippen molar-refractivity contribution in [3.63, 3.8) is 0 Å². The van der Waals surface area contributed by atoms with Crippen LogP contribution in [-0.2, 0) is 0 Å². The molecule has 0 N–H and O–H groups in total. The first-order valence-corrected chi connectivity index (χ1v) is 9.84. The molecule has 0 aliphatic rings. The summed E-state index contributed by atoms with van der Waals surface area (Å²) in [5.41, 5.74) is 1.10. The first-order chi connectivity index (χ1) is 20.8. The molecule has 3 heteroatoms. The first kappa shape index (κ1) is 9.41. The predicted molar refractivity (Wildman–Crippen MR) is 133 cm³/mol. The van der Waals surface area contributed by atoms with Gasteiger partial charge < -0.3 is 0 Å². The Balaban J connectivity index is 1.63. The van der Waals surface area contributed by atoms with E-state index in [4.69, 9.17) is 21.4 Å². The Morgan fingerprint density at radius 1 is 0.469 bits per heavy atom. The SMILES string of the molecule is [2H]c1cc2c(c([2H])c1[2H])c1c([2H])c([2H])c([2H])cc1n2-c1cccc(-n2c3cc([2H])c([2H])c([2H])c3c3c([2H])c([2H])c([2H])cc32)n1. The largest absolute Gasteiger partial charge is 0.294 e. The second-order valence-corrected chi connectivity index (χ2v) is 7.22. The van der Waals surface area contributed by atoms with Crippen molar-refractivity contribution in [2.45, 2.75) is 0 Å². The van der Waals surface area contributed by atoms with Gasteiger partial charge in [-0.05, 0) is 36.4 Å². The van der Waals surface area contributed by atoms with Gasteiger partial charge in [0.15, 0.2) is 0 Å². The Labute approximate surface area is 201 Å². The standard InChI is InChI=1S/C29H19N3/c1-5-14-24-20(10-1)21-11-2-6-15-25(21)31(24)28-18-9-19-29(30-28)32-26-16-7-3-12-22(26)23-13-4-8-17-27(23)32/h1-19H/i1D,2D,3D,4D,5D,6D,7D,8D,10D,11D,12D,13D. The average Bonchev–Trinajstić information content (AvgIpc) is 3.48. The number of hydrogen-bond acceptors (Lipinski definition) is 1. The summed E-state index contributed by atoms with van der Waals surface area (Å²) in [6.07, 6.45) is 0. The highest BCUT2D eigenvalue weighted by atomic mass is 15.1. The molecular weight excluding hydrogens is 390 g/mol. The van der Waals surface area contributed by atoms with Crippen LogP contribution in [-0.4, -0.2) is 14.1 Å². The molecule has 0 aliphatic heterocycles. The lowest BCUT2D eigenvalue weighted by molar-refractivity contribution is 1.01. The van der Waals surface area contributed by atoms with Crippen molar-refractivity contribution in [2.75, 3.05) is 0 Å². The van der Waals surface area contributed by atoms with E-state index in [1.54, 1.807) is 27.3 Å². The quantitative estimate of drug-likeness (QED) is 0.288. The molecule has 0 bridgehead atoms. The third-order valence-corrected chi connectivity index (χ3v) is 5.54. The molecule has 0 spiro atoms. The van der Waals surface area contributed by atoms with Crippen molar-refractivity contribution in [1.82, 2.24) is 14.1 Å². The van der Waals surface area contributed by atoms with Crippen molar-refractivity contribution in [1.29, 1.82) is 0 Å². The van der Waals surface area contributed by atoms with Crippen LogP contribution in [0.2, 0.25) is 0 Å². The molecule has 3 nitrogen and oxygen atoms in total.